The van der Waals surface area contributed by atoms with E-state index in [4.69, 9.17) is 4.74 Å². The van der Waals surface area contributed by atoms with Gasteiger partial charge >= 0.3 is 11.8 Å². The fraction of sp³-hybridized carbons (Fsp3) is 0.316. The van der Waals surface area contributed by atoms with Gasteiger partial charge in [-0.1, -0.05) is 19.1 Å². The van der Waals surface area contributed by atoms with Crippen molar-refractivity contribution in [3.05, 3.63) is 51.7 Å². The summed E-state index contributed by atoms with van der Waals surface area (Å²) in [5.74, 6) is 0.825. The summed E-state index contributed by atoms with van der Waals surface area (Å²) >= 11 is 1.67. The number of ether oxygens (including phenoxy) is 1. The molecule has 3 aromatic rings. The Kier molecular flexibility index (Phi) is 5.26. The van der Waals surface area contributed by atoms with Crippen molar-refractivity contribution >= 4 is 39.2 Å². The zero-order chi connectivity index (χ0) is 20.4. The fourth-order valence-corrected chi connectivity index (χ4v) is 4.20. The van der Waals surface area contributed by atoms with Gasteiger partial charge in [0.15, 0.2) is 0 Å². The van der Waals surface area contributed by atoms with Gasteiger partial charge in [0.1, 0.15) is 17.0 Å². The SMILES string of the molecule is CCc1cc2c(N3CCN(C(=O)Oc4ccccc4[N+](=O)[O-])CC3)ncnc2s1. The van der Waals surface area contributed by atoms with E-state index in [1.54, 1.807) is 28.6 Å². The lowest BCUT2D eigenvalue weighted by molar-refractivity contribution is -0.385. The Morgan fingerprint density at radius 1 is 1.24 bits per heavy atom. The molecule has 1 fully saturated rings. The second-order valence-electron chi connectivity index (χ2n) is 6.55. The van der Waals surface area contributed by atoms with Crippen LogP contribution in [0.1, 0.15) is 11.8 Å². The van der Waals surface area contributed by atoms with Gasteiger partial charge in [0.05, 0.1) is 10.3 Å². The van der Waals surface area contributed by atoms with Crippen molar-refractivity contribution in [3.8, 4) is 5.75 Å². The molecule has 9 nitrogen and oxygen atoms in total. The molecule has 0 aliphatic carbocycles. The van der Waals surface area contributed by atoms with E-state index in [0.717, 1.165) is 22.5 Å². The van der Waals surface area contributed by atoms with Crippen LogP contribution in [0, 0.1) is 10.1 Å². The molecule has 0 spiro atoms. The Bertz CT molecular complexity index is 1060. The molecule has 0 N–H and O–H groups in total. The molecule has 1 aliphatic heterocycles. The molecule has 2 aromatic heterocycles. The normalized spacial score (nSPS) is 14.2. The predicted molar refractivity (Wildman–Crippen MR) is 110 cm³/mol. The van der Waals surface area contributed by atoms with Gasteiger partial charge in [-0.25, -0.2) is 14.8 Å². The minimum absolute atomic E-state index is 0.0483. The molecule has 1 aliphatic rings. The highest BCUT2D eigenvalue weighted by Gasteiger charge is 2.26. The maximum atomic E-state index is 12.5. The highest BCUT2D eigenvalue weighted by atomic mass is 32.1. The first kappa shape index (κ1) is 19.1. The number of hydrogen-bond acceptors (Lipinski definition) is 8. The van der Waals surface area contributed by atoms with Gasteiger partial charge < -0.3 is 14.5 Å². The number of piperazine rings is 1. The summed E-state index contributed by atoms with van der Waals surface area (Å²) in [7, 11) is 0. The number of amides is 1. The van der Waals surface area contributed by atoms with Gasteiger partial charge in [0.25, 0.3) is 0 Å². The molecule has 1 saturated heterocycles. The zero-order valence-electron chi connectivity index (χ0n) is 15.8. The van der Waals surface area contributed by atoms with Crippen molar-refractivity contribution in [1.82, 2.24) is 14.9 Å². The summed E-state index contributed by atoms with van der Waals surface area (Å²) in [6, 6.07) is 7.99. The Balaban J connectivity index is 1.44. The third-order valence-corrected chi connectivity index (χ3v) is 5.99. The number of nitro benzene ring substituents is 1. The summed E-state index contributed by atoms with van der Waals surface area (Å²) < 4.78 is 5.28. The summed E-state index contributed by atoms with van der Waals surface area (Å²) in [6.45, 7) is 4.18. The topological polar surface area (TPSA) is 102 Å². The van der Waals surface area contributed by atoms with E-state index in [2.05, 4.69) is 27.9 Å². The van der Waals surface area contributed by atoms with Crippen LogP contribution in [0.2, 0.25) is 0 Å². The monoisotopic (exact) mass is 413 g/mol. The summed E-state index contributed by atoms with van der Waals surface area (Å²) in [4.78, 5) is 37.7. The minimum atomic E-state index is -0.587. The van der Waals surface area contributed by atoms with Crippen LogP contribution in [0.15, 0.2) is 36.7 Å². The van der Waals surface area contributed by atoms with E-state index >= 15 is 0 Å². The number of carbonyl (C=O) groups is 1. The number of anilines is 1. The van der Waals surface area contributed by atoms with Crippen LogP contribution in [0.5, 0.6) is 5.75 Å². The molecule has 1 amide bonds. The van der Waals surface area contributed by atoms with Gasteiger partial charge in [-0.05, 0) is 18.6 Å². The number of rotatable bonds is 4. The predicted octanol–water partition coefficient (Wildman–Crippen LogP) is 3.48. The van der Waals surface area contributed by atoms with Gasteiger partial charge in [-0.15, -0.1) is 11.3 Å². The smallest absolute Gasteiger partial charge is 0.403 e. The van der Waals surface area contributed by atoms with Crippen LogP contribution >= 0.6 is 11.3 Å². The van der Waals surface area contributed by atoms with Crippen molar-refractivity contribution in [2.75, 3.05) is 31.1 Å². The molecule has 0 saturated carbocycles. The average Bonchev–Trinajstić information content (AvgIpc) is 3.17. The Labute approximate surface area is 170 Å². The van der Waals surface area contributed by atoms with Gasteiger partial charge in [-0.2, -0.15) is 0 Å². The molecular formula is C19H19N5O4S. The fourth-order valence-electron chi connectivity index (χ4n) is 3.27. The Hall–Kier alpha value is -3.27. The van der Waals surface area contributed by atoms with Crippen molar-refractivity contribution in [3.63, 3.8) is 0 Å². The average molecular weight is 413 g/mol. The standard InChI is InChI=1S/C19H19N5O4S/c1-2-13-11-14-17(20-12-21-18(14)29-13)22-7-9-23(10-8-22)19(25)28-16-6-4-3-5-15(16)24(26)27/h3-6,11-12H,2,7-10H2,1H3. The van der Waals surface area contributed by atoms with Crippen molar-refractivity contribution in [2.24, 2.45) is 0 Å². The molecule has 4 rings (SSSR count). The van der Waals surface area contributed by atoms with Crippen molar-refractivity contribution in [2.45, 2.75) is 13.3 Å². The number of para-hydroxylation sites is 2. The first-order valence-corrected chi connectivity index (χ1v) is 10.1. The van der Waals surface area contributed by atoms with E-state index in [0.29, 0.717) is 26.2 Å². The first-order valence-electron chi connectivity index (χ1n) is 9.25. The van der Waals surface area contributed by atoms with Crippen LogP contribution < -0.4 is 9.64 Å². The van der Waals surface area contributed by atoms with Crippen LogP contribution in [0.25, 0.3) is 10.2 Å². The number of nitro groups is 1. The number of aryl methyl sites for hydroxylation is 1. The number of aromatic nitrogens is 2. The molecule has 0 unspecified atom stereocenters. The van der Waals surface area contributed by atoms with Crippen molar-refractivity contribution in [1.29, 1.82) is 0 Å². The maximum Gasteiger partial charge on any atom is 0.415 e. The van der Waals surface area contributed by atoms with Crippen LogP contribution in [-0.2, 0) is 6.42 Å². The van der Waals surface area contributed by atoms with E-state index in [9.17, 15) is 14.9 Å². The lowest BCUT2D eigenvalue weighted by atomic mass is 10.2. The first-order chi connectivity index (χ1) is 14.1. The molecule has 10 heteroatoms. The van der Waals surface area contributed by atoms with Gasteiger partial charge in [0.2, 0.25) is 5.75 Å². The lowest BCUT2D eigenvalue weighted by Crippen LogP contribution is -2.50. The number of carbonyl (C=O) groups excluding carboxylic acids is 1. The highest BCUT2D eigenvalue weighted by molar-refractivity contribution is 7.18. The number of nitrogens with zero attached hydrogens (tertiary/aromatic N) is 5. The Morgan fingerprint density at radius 3 is 2.72 bits per heavy atom. The third kappa shape index (κ3) is 3.83. The molecule has 3 heterocycles. The highest BCUT2D eigenvalue weighted by Crippen LogP contribution is 2.31. The molecule has 150 valence electrons. The second kappa shape index (κ2) is 8.00. The number of fused-ring (bicyclic) bond motifs is 1. The van der Waals surface area contributed by atoms with Gasteiger partial charge in [-0.3, -0.25) is 10.1 Å². The van der Waals surface area contributed by atoms with E-state index < -0.39 is 11.0 Å². The molecule has 0 radical (unpaired) electrons. The summed E-state index contributed by atoms with van der Waals surface area (Å²) in [5, 5.41) is 12.1. The lowest BCUT2D eigenvalue weighted by Gasteiger charge is -2.34. The quantitative estimate of drug-likeness (QED) is 0.477. The minimum Gasteiger partial charge on any atom is -0.403 e. The van der Waals surface area contributed by atoms with Gasteiger partial charge in [0, 0.05) is 37.1 Å². The molecular weight excluding hydrogens is 394 g/mol. The number of benzene rings is 1. The third-order valence-electron chi connectivity index (χ3n) is 4.80. The van der Waals surface area contributed by atoms with E-state index in [1.165, 1.54) is 23.1 Å². The molecule has 0 atom stereocenters. The van der Waals surface area contributed by atoms with E-state index in [1.807, 2.05) is 0 Å². The molecule has 0 bridgehead atoms. The summed E-state index contributed by atoms with van der Waals surface area (Å²) in [5.41, 5.74) is -0.230. The zero-order valence-corrected chi connectivity index (χ0v) is 16.6. The van der Waals surface area contributed by atoms with Crippen LogP contribution in [0.4, 0.5) is 16.3 Å². The Morgan fingerprint density at radius 2 is 2.00 bits per heavy atom. The maximum absolute atomic E-state index is 12.5. The van der Waals surface area contributed by atoms with Crippen LogP contribution in [-0.4, -0.2) is 52.1 Å². The van der Waals surface area contributed by atoms with Crippen LogP contribution in [0.3, 0.4) is 0 Å². The summed E-state index contributed by atoms with van der Waals surface area (Å²) in [6.07, 6.45) is 1.93. The van der Waals surface area contributed by atoms with Crippen molar-refractivity contribution < 1.29 is 14.5 Å². The second-order valence-corrected chi connectivity index (χ2v) is 7.66. The molecule has 1 aromatic carbocycles. The number of thiophene rings is 1. The number of hydrogen-bond donors (Lipinski definition) is 0. The molecule has 29 heavy (non-hydrogen) atoms. The largest absolute Gasteiger partial charge is 0.415 e. The van der Waals surface area contributed by atoms with E-state index in [-0.39, 0.29) is 11.4 Å².